The maximum atomic E-state index is 12.7. The number of nitrogens with zero attached hydrogens (tertiary/aromatic N) is 1. The number of carboxylic acid groups (broad SMARTS) is 1. The third-order valence-corrected chi connectivity index (χ3v) is 6.15. The van der Waals surface area contributed by atoms with Gasteiger partial charge in [-0.3, -0.25) is 4.79 Å². The van der Waals surface area contributed by atoms with Crippen LogP contribution in [-0.2, 0) is 14.8 Å². The fourth-order valence-corrected chi connectivity index (χ4v) is 4.33. The number of sulfonamides is 1. The van der Waals surface area contributed by atoms with Gasteiger partial charge >= 0.3 is 5.97 Å². The molecular formula is C17H21NO5S. The van der Waals surface area contributed by atoms with Crippen molar-refractivity contribution in [1.29, 1.82) is 0 Å². The van der Waals surface area contributed by atoms with E-state index in [4.69, 9.17) is 4.74 Å². The average Bonchev–Trinajstić information content (AvgIpc) is 3.04. The highest BCUT2D eigenvalue weighted by Gasteiger charge is 2.40. The second-order valence-electron chi connectivity index (χ2n) is 5.65. The van der Waals surface area contributed by atoms with Gasteiger partial charge in [-0.05, 0) is 44.0 Å². The van der Waals surface area contributed by atoms with Crippen LogP contribution in [0, 0.1) is 17.8 Å². The van der Waals surface area contributed by atoms with Gasteiger partial charge in [-0.2, -0.15) is 4.31 Å². The van der Waals surface area contributed by atoms with Crippen molar-refractivity contribution in [3.8, 4) is 17.6 Å². The first-order chi connectivity index (χ1) is 11.4. The highest BCUT2D eigenvalue weighted by atomic mass is 32.2. The zero-order valence-corrected chi connectivity index (χ0v) is 14.5. The van der Waals surface area contributed by atoms with Crippen LogP contribution >= 0.6 is 0 Å². The first-order valence-electron chi connectivity index (χ1n) is 7.71. The Labute approximate surface area is 142 Å². The minimum atomic E-state index is -3.74. The predicted molar refractivity (Wildman–Crippen MR) is 89.1 cm³/mol. The number of rotatable bonds is 6. The van der Waals surface area contributed by atoms with Crippen LogP contribution in [0.2, 0.25) is 0 Å². The molecular weight excluding hydrogens is 330 g/mol. The average molecular weight is 351 g/mol. The Morgan fingerprint density at radius 3 is 2.58 bits per heavy atom. The van der Waals surface area contributed by atoms with Gasteiger partial charge in [-0.25, -0.2) is 8.42 Å². The van der Waals surface area contributed by atoms with E-state index < -0.39 is 28.0 Å². The molecule has 0 aliphatic heterocycles. The van der Waals surface area contributed by atoms with E-state index in [1.54, 1.807) is 19.1 Å². The van der Waals surface area contributed by atoms with E-state index in [9.17, 15) is 18.3 Å². The van der Waals surface area contributed by atoms with E-state index in [1.807, 2.05) is 0 Å². The van der Waals surface area contributed by atoms with Gasteiger partial charge in [0, 0.05) is 13.1 Å². The molecule has 1 aliphatic carbocycles. The van der Waals surface area contributed by atoms with Crippen LogP contribution in [0.3, 0.4) is 0 Å². The molecule has 1 fully saturated rings. The van der Waals surface area contributed by atoms with Crippen molar-refractivity contribution in [2.24, 2.45) is 5.92 Å². The Bertz CT molecular complexity index is 745. The quantitative estimate of drug-likeness (QED) is 0.792. The van der Waals surface area contributed by atoms with Crippen molar-refractivity contribution in [2.75, 3.05) is 13.7 Å². The molecule has 0 heterocycles. The van der Waals surface area contributed by atoms with Gasteiger partial charge in [0.25, 0.3) is 0 Å². The van der Waals surface area contributed by atoms with Crippen LogP contribution in [0.1, 0.15) is 26.2 Å². The Hall–Kier alpha value is -2.04. The molecule has 0 radical (unpaired) electrons. The summed E-state index contributed by atoms with van der Waals surface area (Å²) in [4.78, 5) is 11.4. The molecule has 0 aromatic heterocycles. The maximum Gasteiger partial charge on any atom is 0.308 e. The van der Waals surface area contributed by atoms with Crippen molar-refractivity contribution in [2.45, 2.75) is 37.1 Å². The summed E-state index contributed by atoms with van der Waals surface area (Å²) in [6.45, 7) is 1.95. The summed E-state index contributed by atoms with van der Waals surface area (Å²) in [5.41, 5.74) is 0. The summed E-state index contributed by atoms with van der Waals surface area (Å²) in [6.07, 6.45) is 1.78. The van der Waals surface area contributed by atoms with Gasteiger partial charge < -0.3 is 9.84 Å². The lowest BCUT2D eigenvalue weighted by atomic mass is 10.0. The van der Waals surface area contributed by atoms with Gasteiger partial charge in [0.2, 0.25) is 10.0 Å². The van der Waals surface area contributed by atoms with Crippen LogP contribution in [0.4, 0.5) is 0 Å². The van der Waals surface area contributed by atoms with Crippen molar-refractivity contribution < 1.29 is 23.1 Å². The lowest BCUT2D eigenvalue weighted by molar-refractivity contribution is -0.142. The summed E-state index contributed by atoms with van der Waals surface area (Å²) in [7, 11) is -2.30. The highest BCUT2D eigenvalue weighted by molar-refractivity contribution is 7.89. The largest absolute Gasteiger partial charge is 0.481 e. The molecule has 1 aromatic rings. The Balaban J connectivity index is 2.16. The van der Waals surface area contributed by atoms with Crippen LogP contribution in [-0.4, -0.2) is 43.5 Å². The van der Waals surface area contributed by atoms with Gasteiger partial charge in [0.05, 0.1) is 10.8 Å². The van der Waals surface area contributed by atoms with Crippen LogP contribution in [0.15, 0.2) is 29.2 Å². The van der Waals surface area contributed by atoms with Crippen LogP contribution in [0.25, 0.3) is 0 Å². The van der Waals surface area contributed by atoms with E-state index in [2.05, 4.69) is 11.8 Å². The smallest absolute Gasteiger partial charge is 0.308 e. The molecule has 0 spiro atoms. The molecule has 1 aliphatic rings. The normalized spacial score (nSPS) is 20.5. The van der Waals surface area contributed by atoms with Crippen molar-refractivity contribution >= 4 is 16.0 Å². The maximum absolute atomic E-state index is 12.7. The molecule has 0 saturated heterocycles. The zero-order valence-electron chi connectivity index (χ0n) is 13.7. The van der Waals surface area contributed by atoms with Crippen molar-refractivity contribution in [3.63, 3.8) is 0 Å². The minimum absolute atomic E-state index is 0.120. The number of carboxylic acids is 1. The number of aliphatic carboxylic acids is 1. The molecule has 1 saturated carbocycles. The Kier molecular flexibility index (Phi) is 5.86. The molecule has 24 heavy (non-hydrogen) atoms. The number of hydrogen-bond acceptors (Lipinski definition) is 4. The lowest BCUT2D eigenvalue weighted by Crippen LogP contribution is -2.41. The van der Waals surface area contributed by atoms with Crippen LogP contribution < -0.4 is 4.74 Å². The lowest BCUT2D eigenvalue weighted by Gasteiger charge is -2.27. The number of benzene rings is 1. The fourth-order valence-electron chi connectivity index (χ4n) is 2.91. The van der Waals surface area contributed by atoms with Crippen LogP contribution in [0.5, 0.6) is 5.75 Å². The molecule has 1 N–H and O–H groups in total. The van der Waals surface area contributed by atoms with Crippen molar-refractivity contribution in [1.82, 2.24) is 4.31 Å². The third kappa shape index (κ3) is 3.89. The van der Waals surface area contributed by atoms with E-state index in [0.717, 1.165) is 0 Å². The molecule has 1 aromatic carbocycles. The first-order valence-corrected chi connectivity index (χ1v) is 9.15. The van der Waals surface area contributed by atoms with E-state index in [-0.39, 0.29) is 11.5 Å². The second kappa shape index (κ2) is 7.69. The molecule has 2 rings (SSSR count). The van der Waals surface area contributed by atoms with Gasteiger partial charge in [0.1, 0.15) is 12.4 Å². The number of hydrogen-bond donors (Lipinski definition) is 1. The molecule has 2 atom stereocenters. The monoisotopic (exact) mass is 351 g/mol. The van der Waals surface area contributed by atoms with Gasteiger partial charge in [0.15, 0.2) is 0 Å². The third-order valence-electron chi connectivity index (χ3n) is 4.25. The van der Waals surface area contributed by atoms with E-state index >= 15 is 0 Å². The van der Waals surface area contributed by atoms with Gasteiger partial charge in [-0.1, -0.05) is 12.3 Å². The molecule has 0 unspecified atom stereocenters. The summed E-state index contributed by atoms with van der Waals surface area (Å²) in [5, 5.41) is 9.26. The highest BCUT2D eigenvalue weighted by Crippen LogP contribution is 2.32. The molecule has 6 nitrogen and oxygen atoms in total. The van der Waals surface area contributed by atoms with Crippen molar-refractivity contribution in [3.05, 3.63) is 24.3 Å². The summed E-state index contributed by atoms with van der Waals surface area (Å²) < 4.78 is 32.0. The zero-order chi connectivity index (χ0) is 17.7. The second-order valence-corrected chi connectivity index (χ2v) is 7.65. The molecule has 7 heteroatoms. The summed E-state index contributed by atoms with van der Waals surface area (Å²) in [6, 6.07) is 5.56. The van der Waals surface area contributed by atoms with Gasteiger partial charge in [-0.15, -0.1) is 5.92 Å². The minimum Gasteiger partial charge on any atom is -0.481 e. The Morgan fingerprint density at radius 1 is 1.33 bits per heavy atom. The molecule has 0 bridgehead atoms. The number of ether oxygens (including phenoxy) is 1. The molecule has 130 valence electrons. The first kappa shape index (κ1) is 18.3. The fraction of sp³-hybridized carbons (Fsp3) is 0.471. The SMILES string of the molecule is CC#CCOc1ccc(S(=O)(=O)N(C)[C@H]2CCC[C@H]2C(=O)O)cc1. The van der Waals surface area contributed by atoms with E-state index in [1.165, 1.54) is 23.5 Å². The summed E-state index contributed by atoms with van der Waals surface area (Å²) in [5.74, 6) is 4.40. The summed E-state index contributed by atoms with van der Waals surface area (Å²) >= 11 is 0. The predicted octanol–water partition coefficient (Wildman–Crippen LogP) is 1.96. The van der Waals surface area contributed by atoms with E-state index in [0.29, 0.717) is 25.0 Å². The topological polar surface area (TPSA) is 83.9 Å². The Morgan fingerprint density at radius 2 is 2.00 bits per heavy atom. The number of carbonyl (C=O) groups is 1. The standard InChI is InChI=1S/C17H21NO5S/c1-3-4-12-23-13-8-10-14(11-9-13)24(21,22)18(2)16-7-5-6-15(16)17(19)20/h8-11,15-16H,5-7,12H2,1-2H3,(H,19,20)/t15-,16+/m1/s1. The molecule has 0 amide bonds.